The number of aryl methyl sites for hydroxylation is 1. The molecule has 0 aromatic carbocycles. The molecule has 0 aliphatic heterocycles. The number of carbonyl (C=O) groups excluding carboxylic acids is 1. The van der Waals surface area contributed by atoms with Crippen LogP contribution in [-0.4, -0.2) is 20.4 Å². The van der Waals surface area contributed by atoms with Crippen LogP contribution in [0.5, 0.6) is 0 Å². The molecule has 0 atom stereocenters. The summed E-state index contributed by atoms with van der Waals surface area (Å²) in [5, 5.41) is 0. The first kappa shape index (κ1) is 12.3. The van der Waals surface area contributed by atoms with Crippen LogP contribution in [0.3, 0.4) is 0 Å². The van der Waals surface area contributed by atoms with Gasteiger partial charge in [0.15, 0.2) is 0 Å². The van der Waals surface area contributed by atoms with Crippen LogP contribution in [0, 0.1) is 6.92 Å². The third-order valence-corrected chi connectivity index (χ3v) is 3.23. The lowest BCUT2D eigenvalue weighted by atomic mass is 10.2. The summed E-state index contributed by atoms with van der Waals surface area (Å²) >= 11 is 0. The second-order valence-corrected chi connectivity index (χ2v) is 4.71. The SMILES string of the molecule is Cc1ccc(Cn2cc(C(N)=O)c3ncccc32)cn1. The highest BCUT2D eigenvalue weighted by Gasteiger charge is 2.13. The summed E-state index contributed by atoms with van der Waals surface area (Å²) < 4.78 is 1.97. The van der Waals surface area contributed by atoms with Crippen LogP contribution in [0.2, 0.25) is 0 Å². The van der Waals surface area contributed by atoms with Crippen molar-refractivity contribution >= 4 is 16.9 Å². The van der Waals surface area contributed by atoms with Gasteiger partial charge in [-0.3, -0.25) is 14.8 Å². The maximum atomic E-state index is 11.5. The fourth-order valence-electron chi connectivity index (χ4n) is 2.22. The van der Waals surface area contributed by atoms with E-state index >= 15 is 0 Å². The molecular formula is C15H14N4O. The van der Waals surface area contributed by atoms with Gasteiger partial charge in [0, 0.05) is 30.8 Å². The number of aromatic nitrogens is 3. The molecule has 0 unspecified atom stereocenters. The molecule has 0 aliphatic carbocycles. The Hall–Kier alpha value is -2.69. The van der Waals surface area contributed by atoms with Crippen molar-refractivity contribution in [1.29, 1.82) is 0 Å². The minimum absolute atomic E-state index is 0.445. The number of hydrogen-bond acceptors (Lipinski definition) is 3. The van der Waals surface area contributed by atoms with Gasteiger partial charge in [-0.1, -0.05) is 6.07 Å². The molecular weight excluding hydrogens is 252 g/mol. The molecule has 3 aromatic heterocycles. The molecule has 20 heavy (non-hydrogen) atoms. The zero-order valence-corrected chi connectivity index (χ0v) is 11.1. The molecule has 0 spiro atoms. The number of primary amides is 1. The minimum atomic E-state index is -0.463. The van der Waals surface area contributed by atoms with Gasteiger partial charge in [0.2, 0.25) is 0 Å². The zero-order chi connectivity index (χ0) is 14.1. The van der Waals surface area contributed by atoms with Crippen molar-refractivity contribution < 1.29 is 4.79 Å². The first-order chi connectivity index (χ1) is 9.65. The van der Waals surface area contributed by atoms with E-state index in [0.29, 0.717) is 17.6 Å². The number of nitrogens with zero attached hydrogens (tertiary/aromatic N) is 3. The summed E-state index contributed by atoms with van der Waals surface area (Å²) in [5.74, 6) is -0.463. The molecule has 3 aromatic rings. The molecule has 0 saturated heterocycles. The van der Waals surface area contributed by atoms with E-state index < -0.39 is 5.91 Å². The van der Waals surface area contributed by atoms with E-state index in [2.05, 4.69) is 9.97 Å². The zero-order valence-electron chi connectivity index (χ0n) is 11.1. The third kappa shape index (κ3) is 2.14. The molecule has 0 aliphatic rings. The number of pyridine rings is 2. The van der Waals surface area contributed by atoms with E-state index in [1.807, 2.05) is 42.0 Å². The van der Waals surface area contributed by atoms with Gasteiger partial charge in [0.1, 0.15) is 5.52 Å². The molecule has 0 saturated carbocycles. The number of nitrogens with two attached hydrogens (primary N) is 1. The van der Waals surface area contributed by atoms with Crippen LogP contribution in [0.1, 0.15) is 21.6 Å². The number of fused-ring (bicyclic) bond motifs is 1. The predicted octanol–water partition coefficient (Wildman–Crippen LogP) is 1.89. The van der Waals surface area contributed by atoms with E-state index in [4.69, 9.17) is 5.73 Å². The van der Waals surface area contributed by atoms with E-state index in [-0.39, 0.29) is 0 Å². The van der Waals surface area contributed by atoms with Crippen LogP contribution in [0.25, 0.3) is 11.0 Å². The number of amides is 1. The summed E-state index contributed by atoms with van der Waals surface area (Å²) in [6, 6.07) is 7.76. The van der Waals surface area contributed by atoms with Crippen molar-refractivity contribution in [3.8, 4) is 0 Å². The Balaban J connectivity index is 2.07. The Morgan fingerprint density at radius 3 is 2.85 bits per heavy atom. The Labute approximate surface area is 116 Å². The van der Waals surface area contributed by atoms with Gasteiger partial charge in [-0.25, -0.2) is 0 Å². The first-order valence-electron chi connectivity index (χ1n) is 6.30. The molecule has 1 amide bonds. The summed E-state index contributed by atoms with van der Waals surface area (Å²) in [4.78, 5) is 20.0. The highest BCUT2D eigenvalue weighted by atomic mass is 16.1. The molecule has 5 heteroatoms. The van der Waals surface area contributed by atoms with Gasteiger partial charge < -0.3 is 10.3 Å². The monoisotopic (exact) mass is 266 g/mol. The van der Waals surface area contributed by atoms with Crippen molar-refractivity contribution in [1.82, 2.24) is 14.5 Å². The quantitative estimate of drug-likeness (QED) is 0.786. The fourth-order valence-corrected chi connectivity index (χ4v) is 2.22. The van der Waals surface area contributed by atoms with Crippen LogP contribution in [0.15, 0.2) is 42.9 Å². The van der Waals surface area contributed by atoms with Gasteiger partial charge in [-0.15, -0.1) is 0 Å². The van der Waals surface area contributed by atoms with Crippen molar-refractivity contribution in [2.45, 2.75) is 13.5 Å². The smallest absolute Gasteiger partial charge is 0.252 e. The summed E-state index contributed by atoms with van der Waals surface area (Å²) in [5.41, 5.74) is 9.42. The normalized spacial score (nSPS) is 10.8. The van der Waals surface area contributed by atoms with Crippen molar-refractivity contribution in [2.75, 3.05) is 0 Å². The Morgan fingerprint density at radius 1 is 1.30 bits per heavy atom. The number of carbonyl (C=O) groups is 1. The molecule has 5 nitrogen and oxygen atoms in total. The molecule has 100 valence electrons. The van der Waals surface area contributed by atoms with E-state index in [0.717, 1.165) is 16.8 Å². The van der Waals surface area contributed by atoms with Gasteiger partial charge in [0.25, 0.3) is 5.91 Å². The van der Waals surface area contributed by atoms with Crippen molar-refractivity contribution in [3.05, 3.63) is 59.7 Å². The molecule has 2 N–H and O–H groups in total. The van der Waals surface area contributed by atoms with Gasteiger partial charge in [-0.2, -0.15) is 0 Å². The third-order valence-electron chi connectivity index (χ3n) is 3.23. The molecule has 3 heterocycles. The van der Waals surface area contributed by atoms with Crippen LogP contribution >= 0.6 is 0 Å². The average molecular weight is 266 g/mol. The topological polar surface area (TPSA) is 73.8 Å². The van der Waals surface area contributed by atoms with Crippen LogP contribution in [-0.2, 0) is 6.54 Å². The lowest BCUT2D eigenvalue weighted by molar-refractivity contribution is 0.100. The van der Waals surface area contributed by atoms with Gasteiger partial charge in [0.05, 0.1) is 11.1 Å². The Kier molecular flexibility index (Phi) is 2.95. The lowest BCUT2D eigenvalue weighted by Gasteiger charge is -2.05. The standard InChI is InChI=1S/C15H14N4O/c1-10-4-5-11(7-18-10)8-19-9-12(15(16)20)14-13(19)3-2-6-17-14/h2-7,9H,8H2,1H3,(H2,16,20). The van der Waals surface area contributed by atoms with E-state index in [1.54, 1.807) is 12.4 Å². The fraction of sp³-hybridized carbons (Fsp3) is 0.133. The second-order valence-electron chi connectivity index (χ2n) is 4.71. The maximum Gasteiger partial charge on any atom is 0.252 e. The maximum absolute atomic E-state index is 11.5. The second kappa shape index (κ2) is 4.77. The minimum Gasteiger partial charge on any atom is -0.365 e. The van der Waals surface area contributed by atoms with E-state index in [1.165, 1.54) is 0 Å². The predicted molar refractivity (Wildman–Crippen MR) is 76.3 cm³/mol. The largest absolute Gasteiger partial charge is 0.365 e. The highest BCUT2D eigenvalue weighted by Crippen LogP contribution is 2.19. The van der Waals surface area contributed by atoms with Crippen LogP contribution < -0.4 is 5.73 Å². The lowest BCUT2D eigenvalue weighted by Crippen LogP contribution is -2.10. The van der Waals surface area contributed by atoms with Crippen molar-refractivity contribution in [3.63, 3.8) is 0 Å². The van der Waals surface area contributed by atoms with Crippen molar-refractivity contribution in [2.24, 2.45) is 5.73 Å². The molecule has 0 fully saturated rings. The van der Waals surface area contributed by atoms with Crippen LogP contribution in [0.4, 0.5) is 0 Å². The Bertz CT molecular complexity index is 774. The van der Waals surface area contributed by atoms with Gasteiger partial charge in [-0.05, 0) is 30.7 Å². The molecule has 0 radical (unpaired) electrons. The number of hydrogen-bond donors (Lipinski definition) is 1. The highest BCUT2D eigenvalue weighted by molar-refractivity contribution is 6.04. The van der Waals surface area contributed by atoms with Gasteiger partial charge >= 0.3 is 0 Å². The summed E-state index contributed by atoms with van der Waals surface area (Å²) in [6.07, 6.45) is 5.24. The molecule has 3 rings (SSSR count). The first-order valence-corrected chi connectivity index (χ1v) is 6.30. The number of rotatable bonds is 3. The van der Waals surface area contributed by atoms with E-state index in [9.17, 15) is 4.79 Å². The summed E-state index contributed by atoms with van der Waals surface area (Å²) in [6.45, 7) is 2.58. The Morgan fingerprint density at radius 2 is 2.15 bits per heavy atom. The summed E-state index contributed by atoms with van der Waals surface area (Å²) in [7, 11) is 0. The average Bonchev–Trinajstić information content (AvgIpc) is 2.81. The molecule has 0 bridgehead atoms.